The van der Waals surface area contributed by atoms with Crippen LogP contribution in [0.5, 0.6) is 0 Å². The minimum Gasteiger partial charge on any atom is -0.345 e. The molecule has 7 heteroatoms. The van der Waals surface area contributed by atoms with Gasteiger partial charge in [0, 0.05) is 29.7 Å². The molecule has 0 aliphatic rings. The molecule has 0 fully saturated rings. The molecule has 1 N–H and O–H groups in total. The van der Waals surface area contributed by atoms with Crippen LogP contribution in [0.15, 0.2) is 18.5 Å². The van der Waals surface area contributed by atoms with Gasteiger partial charge in [0.2, 0.25) is 0 Å². The summed E-state index contributed by atoms with van der Waals surface area (Å²) in [4.78, 5) is 17.1. The number of hydrogen-bond donors (Lipinski definition) is 1. The number of aryl methyl sites for hydroxylation is 4. The molecule has 126 valence electrons. The summed E-state index contributed by atoms with van der Waals surface area (Å²) in [6.07, 6.45) is 3.54. The number of fused-ring (bicyclic) bond motifs is 1. The van der Waals surface area contributed by atoms with Gasteiger partial charge in [-0.15, -0.1) is 0 Å². The lowest BCUT2D eigenvalue weighted by molar-refractivity contribution is 0.0941. The van der Waals surface area contributed by atoms with Crippen molar-refractivity contribution in [3.63, 3.8) is 0 Å². The van der Waals surface area contributed by atoms with E-state index in [1.807, 2.05) is 51.6 Å². The van der Waals surface area contributed by atoms with Crippen LogP contribution in [0.25, 0.3) is 5.65 Å². The molecule has 7 nitrogen and oxygen atoms in total. The van der Waals surface area contributed by atoms with Crippen molar-refractivity contribution >= 4 is 11.6 Å². The van der Waals surface area contributed by atoms with Crippen molar-refractivity contribution in [1.82, 2.24) is 29.7 Å². The lowest BCUT2D eigenvalue weighted by Crippen LogP contribution is -2.27. The Labute approximate surface area is 140 Å². The van der Waals surface area contributed by atoms with Crippen LogP contribution in [0.4, 0.5) is 0 Å². The van der Waals surface area contributed by atoms with Gasteiger partial charge in [0.15, 0.2) is 5.65 Å². The summed E-state index contributed by atoms with van der Waals surface area (Å²) >= 11 is 0. The number of aromatic nitrogens is 5. The average Bonchev–Trinajstić information content (AvgIpc) is 3.10. The molecule has 0 saturated carbocycles. The van der Waals surface area contributed by atoms with Crippen LogP contribution in [0.2, 0.25) is 0 Å². The summed E-state index contributed by atoms with van der Waals surface area (Å²) in [5.41, 5.74) is 4.82. The highest BCUT2D eigenvalue weighted by atomic mass is 16.1. The van der Waals surface area contributed by atoms with Crippen LogP contribution in [0, 0.1) is 20.8 Å². The molecule has 0 radical (unpaired) electrons. The molecule has 24 heavy (non-hydrogen) atoms. The minimum absolute atomic E-state index is 0.140. The van der Waals surface area contributed by atoms with E-state index in [0.717, 1.165) is 29.2 Å². The zero-order chi connectivity index (χ0) is 17.4. The summed E-state index contributed by atoms with van der Waals surface area (Å²) in [7, 11) is 0. The standard InChI is InChI=1S/C17H22N6O/c1-6-22-9-15(13(5)21-22)12(4)20-17(24)14-8-18-23-11(3)7-10(2)19-16(14)23/h7-9,12H,6H2,1-5H3,(H,20,24). The van der Waals surface area contributed by atoms with Crippen molar-refractivity contribution < 1.29 is 4.79 Å². The molecule has 3 aromatic rings. The van der Waals surface area contributed by atoms with Gasteiger partial charge in [-0.05, 0) is 40.7 Å². The van der Waals surface area contributed by atoms with Gasteiger partial charge in [0.25, 0.3) is 5.91 Å². The second kappa shape index (κ2) is 6.07. The van der Waals surface area contributed by atoms with Crippen LogP contribution in [0.1, 0.15) is 52.9 Å². The van der Waals surface area contributed by atoms with Crippen molar-refractivity contribution in [1.29, 1.82) is 0 Å². The molecule has 0 aliphatic carbocycles. The van der Waals surface area contributed by atoms with Crippen LogP contribution in [-0.2, 0) is 6.54 Å². The van der Waals surface area contributed by atoms with Crippen LogP contribution >= 0.6 is 0 Å². The highest BCUT2D eigenvalue weighted by Gasteiger charge is 2.19. The number of nitrogens with zero attached hydrogens (tertiary/aromatic N) is 5. The Morgan fingerprint density at radius 2 is 2.08 bits per heavy atom. The maximum atomic E-state index is 12.7. The number of hydrogen-bond acceptors (Lipinski definition) is 4. The number of nitrogens with one attached hydrogen (secondary N) is 1. The molecule has 0 spiro atoms. The lowest BCUT2D eigenvalue weighted by atomic mass is 10.1. The first-order chi connectivity index (χ1) is 11.4. The first-order valence-electron chi connectivity index (χ1n) is 8.07. The third-order valence-electron chi connectivity index (χ3n) is 4.15. The minimum atomic E-state index is -0.182. The highest BCUT2D eigenvalue weighted by Crippen LogP contribution is 2.18. The van der Waals surface area contributed by atoms with E-state index in [-0.39, 0.29) is 11.9 Å². The summed E-state index contributed by atoms with van der Waals surface area (Å²) in [6.45, 7) is 10.6. The van der Waals surface area contributed by atoms with Gasteiger partial charge in [-0.25, -0.2) is 9.50 Å². The average molecular weight is 326 g/mol. The number of amides is 1. The Morgan fingerprint density at radius 1 is 1.33 bits per heavy atom. The number of rotatable bonds is 4. The predicted octanol–water partition coefficient (Wildman–Crippen LogP) is 2.36. The molecular formula is C17H22N6O. The van der Waals surface area contributed by atoms with E-state index >= 15 is 0 Å². The van der Waals surface area contributed by atoms with Crippen molar-refractivity contribution in [2.24, 2.45) is 0 Å². The molecular weight excluding hydrogens is 304 g/mol. The normalized spacial score (nSPS) is 12.5. The topological polar surface area (TPSA) is 77.1 Å². The van der Waals surface area contributed by atoms with Gasteiger partial charge < -0.3 is 5.32 Å². The first-order valence-corrected chi connectivity index (χ1v) is 8.07. The monoisotopic (exact) mass is 326 g/mol. The van der Waals surface area contributed by atoms with Gasteiger partial charge in [-0.1, -0.05) is 0 Å². The number of carbonyl (C=O) groups excluding carboxylic acids is 1. The van der Waals surface area contributed by atoms with Crippen LogP contribution < -0.4 is 5.32 Å². The Morgan fingerprint density at radius 3 is 2.75 bits per heavy atom. The van der Waals surface area contributed by atoms with Gasteiger partial charge in [-0.3, -0.25) is 9.48 Å². The van der Waals surface area contributed by atoms with Gasteiger partial charge in [0.1, 0.15) is 5.56 Å². The van der Waals surface area contributed by atoms with Crippen LogP contribution in [-0.4, -0.2) is 30.3 Å². The lowest BCUT2D eigenvalue weighted by Gasteiger charge is -2.12. The van der Waals surface area contributed by atoms with Crippen molar-refractivity contribution in [3.05, 3.63) is 46.7 Å². The van der Waals surface area contributed by atoms with Gasteiger partial charge >= 0.3 is 0 Å². The highest BCUT2D eigenvalue weighted by molar-refractivity contribution is 5.99. The Hall–Kier alpha value is -2.70. The smallest absolute Gasteiger partial charge is 0.257 e. The molecule has 3 rings (SSSR count). The molecule has 3 heterocycles. The van der Waals surface area contributed by atoms with E-state index in [2.05, 4.69) is 20.5 Å². The Balaban J connectivity index is 1.88. The third kappa shape index (κ3) is 2.77. The Bertz CT molecular complexity index is 907. The second-order valence-corrected chi connectivity index (χ2v) is 6.05. The SMILES string of the molecule is CCn1cc(C(C)NC(=O)c2cnn3c(C)cc(C)nc23)c(C)n1. The van der Waals surface area contributed by atoms with Crippen molar-refractivity contribution in [3.8, 4) is 0 Å². The van der Waals surface area contributed by atoms with Crippen molar-refractivity contribution in [2.75, 3.05) is 0 Å². The van der Waals surface area contributed by atoms with E-state index in [1.54, 1.807) is 10.7 Å². The molecule has 1 amide bonds. The first kappa shape index (κ1) is 16.2. The van der Waals surface area contributed by atoms with E-state index in [1.165, 1.54) is 0 Å². The molecule has 0 bridgehead atoms. The fourth-order valence-electron chi connectivity index (χ4n) is 2.90. The third-order valence-corrected chi connectivity index (χ3v) is 4.15. The molecule has 0 saturated heterocycles. The van der Waals surface area contributed by atoms with E-state index < -0.39 is 0 Å². The van der Waals surface area contributed by atoms with Gasteiger partial charge in [0.05, 0.1) is 17.9 Å². The largest absolute Gasteiger partial charge is 0.345 e. The predicted molar refractivity (Wildman–Crippen MR) is 91.0 cm³/mol. The summed E-state index contributed by atoms with van der Waals surface area (Å²) < 4.78 is 3.56. The number of carbonyl (C=O) groups is 1. The van der Waals surface area contributed by atoms with Gasteiger partial charge in [-0.2, -0.15) is 10.2 Å². The summed E-state index contributed by atoms with van der Waals surface area (Å²) in [5.74, 6) is -0.182. The van der Waals surface area contributed by atoms with E-state index in [0.29, 0.717) is 11.2 Å². The quantitative estimate of drug-likeness (QED) is 0.798. The fourth-order valence-corrected chi connectivity index (χ4v) is 2.90. The Kier molecular flexibility index (Phi) is 4.09. The zero-order valence-electron chi connectivity index (χ0n) is 14.7. The molecule has 3 aromatic heterocycles. The maximum Gasteiger partial charge on any atom is 0.257 e. The zero-order valence-corrected chi connectivity index (χ0v) is 14.7. The summed E-state index contributed by atoms with van der Waals surface area (Å²) in [5, 5.41) is 11.7. The summed E-state index contributed by atoms with van der Waals surface area (Å²) in [6, 6.07) is 1.80. The molecule has 1 unspecified atom stereocenters. The van der Waals surface area contributed by atoms with Crippen molar-refractivity contribution in [2.45, 2.75) is 47.2 Å². The van der Waals surface area contributed by atoms with E-state index in [4.69, 9.17) is 0 Å². The van der Waals surface area contributed by atoms with E-state index in [9.17, 15) is 4.79 Å². The molecule has 0 aliphatic heterocycles. The second-order valence-electron chi connectivity index (χ2n) is 6.05. The van der Waals surface area contributed by atoms with Crippen LogP contribution in [0.3, 0.4) is 0 Å². The molecule has 0 aromatic carbocycles. The maximum absolute atomic E-state index is 12.7. The molecule has 1 atom stereocenters. The fraction of sp³-hybridized carbons (Fsp3) is 0.412.